The summed E-state index contributed by atoms with van der Waals surface area (Å²) in [5.74, 6) is 0. The number of hydrogen-bond acceptors (Lipinski definition) is 3. The van der Waals surface area contributed by atoms with E-state index in [4.69, 9.17) is 4.74 Å². The van der Waals surface area contributed by atoms with Gasteiger partial charge in [0.05, 0.1) is 12.9 Å². The second-order valence-corrected chi connectivity index (χ2v) is 3.70. The first-order valence-corrected chi connectivity index (χ1v) is 5.49. The maximum absolute atomic E-state index is 4.95. The van der Waals surface area contributed by atoms with Gasteiger partial charge in [-0.1, -0.05) is 0 Å². The number of hydrogen-bond donors (Lipinski definition) is 1. The Morgan fingerprint density at radius 2 is 2.27 bits per heavy atom. The van der Waals surface area contributed by atoms with Gasteiger partial charge >= 0.3 is 0 Å². The first kappa shape index (κ1) is 12.2. The number of nitrogens with zero attached hydrogens (tertiary/aromatic N) is 2. The second kappa shape index (κ2) is 7.43. The fourth-order valence-corrected chi connectivity index (χ4v) is 1.48. The van der Waals surface area contributed by atoms with Crippen LogP contribution in [0.15, 0.2) is 12.5 Å². The molecule has 0 aliphatic carbocycles. The molecule has 1 aromatic rings. The van der Waals surface area contributed by atoms with Crippen molar-refractivity contribution in [2.45, 2.75) is 19.3 Å². The van der Waals surface area contributed by atoms with Crippen molar-refractivity contribution >= 4 is 0 Å². The molecule has 0 aliphatic rings. The summed E-state index contributed by atoms with van der Waals surface area (Å²) >= 11 is 0. The largest absolute Gasteiger partial charge is 0.383 e. The van der Waals surface area contributed by atoms with Crippen molar-refractivity contribution in [3.05, 3.63) is 18.2 Å². The zero-order valence-corrected chi connectivity index (χ0v) is 9.70. The van der Waals surface area contributed by atoms with Gasteiger partial charge in [0.2, 0.25) is 0 Å². The molecule has 1 N–H and O–H groups in total. The van der Waals surface area contributed by atoms with Crippen LogP contribution in [0.2, 0.25) is 0 Å². The van der Waals surface area contributed by atoms with Crippen LogP contribution in [0, 0.1) is 0 Å². The van der Waals surface area contributed by atoms with Crippen LogP contribution >= 0.6 is 0 Å². The standard InChI is InChI=1S/C11H21N3O/c1-14-10-13-9-11(14)5-3-4-6-12-7-8-15-2/h9-10,12H,3-8H2,1-2H3. The van der Waals surface area contributed by atoms with E-state index in [1.165, 1.54) is 18.5 Å². The molecule has 0 radical (unpaired) electrons. The number of ether oxygens (including phenoxy) is 1. The molecule has 1 heterocycles. The van der Waals surface area contributed by atoms with Crippen LogP contribution in [-0.2, 0) is 18.2 Å². The summed E-state index contributed by atoms with van der Waals surface area (Å²) in [6.07, 6.45) is 7.32. The predicted octanol–water partition coefficient (Wildman–Crippen LogP) is 0.979. The molecule has 4 nitrogen and oxygen atoms in total. The van der Waals surface area contributed by atoms with Crippen molar-refractivity contribution in [3.8, 4) is 0 Å². The predicted molar refractivity (Wildman–Crippen MR) is 60.9 cm³/mol. The number of nitrogens with one attached hydrogen (secondary N) is 1. The van der Waals surface area contributed by atoms with Gasteiger partial charge in [0.15, 0.2) is 0 Å². The molecule has 0 aromatic carbocycles. The summed E-state index contributed by atoms with van der Waals surface area (Å²) in [7, 11) is 3.77. The Balaban J connectivity index is 1.96. The average Bonchev–Trinajstić information content (AvgIpc) is 2.63. The highest BCUT2D eigenvalue weighted by Gasteiger charge is 1.97. The molecule has 15 heavy (non-hydrogen) atoms. The summed E-state index contributed by atoms with van der Waals surface area (Å²) in [6.45, 7) is 2.81. The molecule has 1 rings (SSSR count). The molecular weight excluding hydrogens is 190 g/mol. The minimum Gasteiger partial charge on any atom is -0.383 e. The van der Waals surface area contributed by atoms with Crippen molar-refractivity contribution in [1.29, 1.82) is 0 Å². The van der Waals surface area contributed by atoms with E-state index in [0.717, 1.165) is 26.1 Å². The van der Waals surface area contributed by atoms with Gasteiger partial charge in [-0.05, 0) is 25.8 Å². The topological polar surface area (TPSA) is 39.1 Å². The van der Waals surface area contributed by atoms with E-state index in [1.807, 2.05) is 19.6 Å². The molecule has 86 valence electrons. The Morgan fingerprint density at radius 1 is 1.40 bits per heavy atom. The molecule has 0 fully saturated rings. The highest BCUT2D eigenvalue weighted by Crippen LogP contribution is 2.02. The number of rotatable bonds is 8. The lowest BCUT2D eigenvalue weighted by molar-refractivity contribution is 0.199. The van der Waals surface area contributed by atoms with Gasteiger partial charge in [-0.15, -0.1) is 0 Å². The van der Waals surface area contributed by atoms with E-state index in [9.17, 15) is 0 Å². The van der Waals surface area contributed by atoms with Crippen LogP contribution in [0.4, 0.5) is 0 Å². The number of imidazole rings is 1. The normalized spacial score (nSPS) is 10.8. The van der Waals surface area contributed by atoms with E-state index in [2.05, 4.69) is 14.9 Å². The Kier molecular flexibility index (Phi) is 6.04. The maximum atomic E-state index is 4.95. The quantitative estimate of drug-likeness (QED) is 0.651. The summed E-state index contributed by atoms with van der Waals surface area (Å²) < 4.78 is 7.03. The third-order valence-corrected chi connectivity index (χ3v) is 2.44. The summed E-state index contributed by atoms with van der Waals surface area (Å²) in [5.41, 5.74) is 1.31. The van der Waals surface area contributed by atoms with E-state index >= 15 is 0 Å². The third-order valence-electron chi connectivity index (χ3n) is 2.44. The fraction of sp³-hybridized carbons (Fsp3) is 0.727. The second-order valence-electron chi connectivity index (χ2n) is 3.70. The summed E-state index contributed by atoms with van der Waals surface area (Å²) in [4.78, 5) is 4.09. The summed E-state index contributed by atoms with van der Waals surface area (Å²) in [5, 5.41) is 3.33. The molecule has 0 amide bonds. The summed E-state index contributed by atoms with van der Waals surface area (Å²) in [6, 6.07) is 0. The maximum Gasteiger partial charge on any atom is 0.0945 e. The lowest BCUT2D eigenvalue weighted by Gasteiger charge is -2.04. The highest BCUT2D eigenvalue weighted by molar-refractivity contribution is 4.97. The van der Waals surface area contributed by atoms with Crippen molar-refractivity contribution < 1.29 is 4.74 Å². The third kappa shape index (κ3) is 4.95. The molecule has 0 unspecified atom stereocenters. The fourth-order valence-electron chi connectivity index (χ4n) is 1.48. The highest BCUT2D eigenvalue weighted by atomic mass is 16.5. The van der Waals surface area contributed by atoms with Crippen LogP contribution in [0.3, 0.4) is 0 Å². The van der Waals surface area contributed by atoms with Gasteiger partial charge in [0, 0.05) is 32.6 Å². The number of unbranched alkanes of at least 4 members (excludes halogenated alkanes) is 1. The van der Waals surface area contributed by atoms with Crippen molar-refractivity contribution in [2.75, 3.05) is 26.8 Å². The smallest absolute Gasteiger partial charge is 0.0945 e. The Morgan fingerprint density at radius 3 is 2.93 bits per heavy atom. The van der Waals surface area contributed by atoms with Gasteiger partial charge in [-0.2, -0.15) is 0 Å². The molecule has 0 saturated heterocycles. The van der Waals surface area contributed by atoms with Gasteiger partial charge in [0.25, 0.3) is 0 Å². The van der Waals surface area contributed by atoms with E-state index in [0.29, 0.717) is 0 Å². The Bertz CT molecular complexity index is 260. The molecule has 4 heteroatoms. The van der Waals surface area contributed by atoms with Crippen molar-refractivity contribution in [2.24, 2.45) is 7.05 Å². The number of methoxy groups -OCH3 is 1. The molecule has 0 saturated carbocycles. The van der Waals surface area contributed by atoms with Crippen LogP contribution < -0.4 is 5.32 Å². The molecule has 0 aliphatic heterocycles. The molecule has 0 spiro atoms. The molecular formula is C11H21N3O. The monoisotopic (exact) mass is 211 g/mol. The number of aromatic nitrogens is 2. The van der Waals surface area contributed by atoms with Gasteiger partial charge in [0.1, 0.15) is 0 Å². The van der Waals surface area contributed by atoms with Crippen LogP contribution in [-0.4, -0.2) is 36.4 Å². The lowest BCUT2D eigenvalue weighted by atomic mass is 10.2. The van der Waals surface area contributed by atoms with E-state index in [-0.39, 0.29) is 0 Å². The van der Waals surface area contributed by atoms with Crippen LogP contribution in [0.1, 0.15) is 18.5 Å². The lowest BCUT2D eigenvalue weighted by Crippen LogP contribution is -2.20. The van der Waals surface area contributed by atoms with Crippen molar-refractivity contribution in [3.63, 3.8) is 0 Å². The average molecular weight is 211 g/mol. The molecule has 0 bridgehead atoms. The first-order valence-electron chi connectivity index (χ1n) is 5.49. The number of aryl methyl sites for hydroxylation is 2. The minimum absolute atomic E-state index is 0.793. The first-order chi connectivity index (χ1) is 7.34. The Hall–Kier alpha value is -0.870. The Labute approximate surface area is 91.7 Å². The van der Waals surface area contributed by atoms with Crippen LogP contribution in [0.25, 0.3) is 0 Å². The van der Waals surface area contributed by atoms with Crippen LogP contribution in [0.5, 0.6) is 0 Å². The zero-order valence-electron chi connectivity index (χ0n) is 9.70. The minimum atomic E-state index is 0.793. The molecule has 0 atom stereocenters. The van der Waals surface area contributed by atoms with E-state index in [1.54, 1.807) is 7.11 Å². The van der Waals surface area contributed by atoms with E-state index < -0.39 is 0 Å². The van der Waals surface area contributed by atoms with Gasteiger partial charge < -0.3 is 14.6 Å². The van der Waals surface area contributed by atoms with Gasteiger partial charge in [-0.25, -0.2) is 4.98 Å². The molecule has 1 aromatic heterocycles. The van der Waals surface area contributed by atoms with Gasteiger partial charge in [-0.3, -0.25) is 0 Å². The SMILES string of the molecule is COCCNCCCCc1cncn1C. The van der Waals surface area contributed by atoms with Crippen molar-refractivity contribution in [1.82, 2.24) is 14.9 Å². The zero-order chi connectivity index (χ0) is 10.9.